The topological polar surface area (TPSA) is 55.2 Å². The average Bonchev–Trinajstić information content (AvgIpc) is 3.34. The van der Waals surface area contributed by atoms with Crippen LogP contribution in [-0.2, 0) is 4.74 Å². The zero-order valence-corrected chi connectivity index (χ0v) is 16.5. The molecular weight excluding hydrogens is 370 g/mol. The summed E-state index contributed by atoms with van der Waals surface area (Å²) < 4.78 is 7.37. The number of hydrogen-bond donors (Lipinski definition) is 1. The zero-order chi connectivity index (χ0) is 19.3. The van der Waals surface area contributed by atoms with Crippen molar-refractivity contribution >= 4 is 17.3 Å². The summed E-state index contributed by atoms with van der Waals surface area (Å²) in [5.41, 5.74) is 2.09. The predicted molar refractivity (Wildman–Crippen MR) is 112 cm³/mol. The normalized spacial score (nSPS) is 19.0. The molecule has 144 valence electrons. The Bertz CT molecular complexity index is 915. The molecule has 4 heterocycles. The number of ether oxygens (including phenoxy) is 1. The molecule has 28 heavy (non-hydrogen) atoms. The molecule has 0 saturated carbocycles. The van der Waals surface area contributed by atoms with Gasteiger partial charge in [-0.2, -0.15) is 0 Å². The largest absolute Gasteiger partial charge is 0.385 e. The standard InChI is InChI=1S/C21H23N5OS/c1-27-15-7-14-26-20(19(24-21(26)28)16-8-2-4-11-22-16)17-9-6-13-25(17)18-10-3-5-12-23-18/h2-6,8-13,19-20H,7,14-15H2,1H3,(H,24,28)/t19-,20+/m0/s1. The van der Waals surface area contributed by atoms with Gasteiger partial charge in [-0.25, -0.2) is 4.98 Å². The summed E-state index contributed by atoms with van der Waals surface area (Å²) in [6, 6.07) is 16.1. The lowest BCUT2D eigenvalue weighted by molar-refractivity contribution is 0.180. The van der Waals surface area contributed by atoms with Crippen LogP contribution in [0.4, 0.5) is 0 Å². The van der Waals surface area contributed by atoms with E-state index in [0.29, 0.717) is 6.61 Å². The summed E-state index contributed by atoms with van der Waals surface area (Å²) >= 11 is 5.70. The molecule has 3 aromatic rings. The Morgan fingerprint density at radius 2 is 1.89 bits per heavy atom. The second-order valence-electron chi connectivity index (χ2n) is 6.66. The van der Waals surface area contributed by atoms with Gasteiger partial charge in [0.25, 0.3) is 0 Å². The van der Waals surface area contributed by atoms with Crippen LogP contribution in [0.5, 0.6) is 0 Å². The first-order chi connectivity index (χ1) is 13.8. The molecule has 0 aliphatic carbocycles. The summed E-state index contributed by atoms with van der Waals surface area (Å²) in [7, 11) is 1.72. The van der Waals surface area contributed by atoms with E-state index < -0.39 is 0 Å². The van der Waals surface area contributed by atoms with Crippen LogP contribution in [0.15, 0.2) is 67.1 Å². The minimum atomic E-state index is -0.0337. The van der Waals surface area contributed by atoms with Crippen LogP contribution in [-0.4, -0.2) is 44.8 Å². The molecule has 3 aromatic heterocycles. The smallest absolute Gasteiger partial charge is 0.170 e. The second kappa shape index (κ2) is 8.50. The Hall–Kier alpha value is -2.77. The minimum Gasteiger partial charge on any atom is -0.385 e. The fourth-order valence-electron chi connectivity index (χ4n) is 3.69. The molecule has 0 spiro atoms. The molecule has 1 N–H and O–H groups in total. The van der Waals surface area contributed by atoms with Crippen molar-refractivity contribution in [2.24, 2.45) is 0 Å². The third-order valence-electron chi connectivity index (χ3n) is 4.92. The number of nitrogens with one attached hydrogen (secondary N) is 1. The van der Waals surface area contributed by atoms with Gasteiger partial charge in [-0.15, -0.1) is 0 Å². The van der Waals surface area contributed by atoms with Gasteiger partial charge in [-0.05, 0) is 55.0 Å². The van der Waals surface area contributed by atoms with E-state index in [9.17, 15) is 0 Å². The number of thiocarbonyl (C=S) groups is 1. The Morgan fingerprint density at radius 1 is 1.07 bits per heavy atom. The molecule has 0 bridgehead atoms. The third-order valence-corrected chi connectivity index (χ3v) is 5.28. The Balaban J connectivity index is 1.75. The van der Waals surface area contributed by atoms with Crippen molar-refractivity contribution in [2.75, 3.05) is 20.3 Å². The highest BCUT2D eigenvalue weighted by Crippen LogP contribution is 2.39. The van der Waals surface area contributed by atoms with Crippen molar-refractivity contribution in [3.8, 4) is 5.82 Å². The van der Waals surface area contributed by atoms with Crippen LogP contribution in [0.25, 0.3) is 5.82 Å². The first kappa shape index (κ1) is 18.6. The highest BCUT2D eigenvalue weighted by molar-refractivity contribution is 7.80. The third kappa shape index (κ3) is 3.63. The molecule has 1 aliphatic heterocycles. The Morgan fingerprint density at radius 3 is 2.61 bits per heavy atom. The quantitative estimate of drug-likeness (QED) is 0.491. The van der Waals surface area contributed by atoms with Crippen LogP contribution in [0.3, 0.4) is 0 Å². The number of rotatable bonds is 7. The van der Waals surface area contributed by atoms with Crippen LogP contribution in [0, 0.1) is 0 Å². The summed E-state index contributed by atoms with van der Waals surface area (Å²) in [6.07, 6.45) is 6.57. The summed E-state index contributed by atoms with van der Waals surface area (Å²) in [4.78, 5) is 11.4. The number of hydrogen-bond acceptors (Lipinski definition) is 4. The van der Waals surface area contributed by atoms with Gasteiger partial charge in [-0.3, -0.25) is 4.98 Å². The van der Waals surface area contributed by atoms with Gasteiger partial charge in [-0.1, -0.05) is 12.1 Å². The summed E-state index contributed by atoms with van der Waals surface area (Å²) in [6.45, 7) is 1.50. The fraction of sp³-hybridized carbons (Fsp3) is 0.286. The van der Waals surface area contributed by atoms with Gasteiger partial charge in [0, 0.05) is 44.5 Å². The van der Waals surface area contributed by atoms with Crippen molar-refractivity contribution in [2.45, 2.75) is 18.5 Å². The van der Waals surface area contributed by atoms with E-state index >= 15 is 0 Å². The van der Waals surface area contributed by atoms with Crippen molar-refractivity contribution in [1.82, 2.24) is 24.8 Å². The molecule has 0 unspecified atom stereocenters. The maximum absolute atomic E-state index is 5.70. The van der Waals surface area contributed by atoms with Crippen molar-refractivity contribution < 1.29 is 4.74 Å². The Kier molecular flexibility index (Phi) is 5.64. The molecule has 0 aromatic carbocycles. The highest BCUT2D eigenvalue weighted by atomic mass is 32.1. The lowest BCUT2D eigenvalue weighted by Gasteiger charge is -2.28. The molecule has 6 nitrogen and oxygen atoms in total. The average molecular weight is 394 g/mol. The summed E-state index contributed by atoms with van der Waals surface area (Å²) in [5, 5.41) is 4.23. The molecule has 0 radical (unpaired) electrons. The lowest BCUT2D eigenvalue weighted by atomic mass is 10.0. The molecule has 1 aliphatic rings. The zero-order valence-electron chi connectivity index (χ0n) is 15.7. The van der Waals surface area contributed by atoms with E-state index in [1.165, 1.54) is 0 Å². The van der Waals surface area contributed by atoms with E-state index in [4.69, 9.17) is 17.0 Å². The number of methoxy groups -OCH3 is 1. The van der Waals surface area contributed by atoms with E-state index in [0.717, 1.165) is 35.3 Å². The second-order valence-corrected chi connectivity index (χ2v) is 7.04. The van der Waals surface area contributed by atoms with Crippen LogP contribution < -0.4 is 5.32 Å². The van der Waals surface area contributed by atoms with Gasteiger partial charge in [0.1, 0.15) is 5.82 Å². The minimum absolute atomic E-state index is 0.0104. The fourth-order valence-corrected chi connectivity index (χ4v) is 4.02. The van der Waals surface area contributed by atoms with Crippen molar-refractivity contribution in [1.29, 1.82) is 0 Å². The van der Waals surface area contributed by atoms with Crippen LogP contribution in [0.2, 0.25) is 0 Å². The highest BCUT2D eigenvalue weighted by Gasteiger charge is 2.40. The molecule has 1 saturated heterocycles. The van der Waals surface area contributed by atoms with Gasteiger partial charge in [0.15, 0.2) is 5.11 Å². The van der Waals surface area contributed by atoms with Crippen molar-refractivity contribution in [3.63, 3.8) is 0 Å². The number of nitrogens with zero attached hydrogens (tertiary/aromatic N) is 4. The van der Waals surface area contributed by atoms with E-state index in [-0.39, 0.29) is 12.1 Å². The summed E-state index contributed by atoms with van der Waals surface area (Å²) in [5.74, 6) is 0.886. The van der Waals surface area contributed by atoms with E-state index in [1.807, 2.05) is 61.1 Å². The van der Waals surface area contributed by atoms with E-state index in [1.54, 1.807) is 7.11 Å². The Labute approximate surface area is 170 Å². The maximum Gasteiger partial charge on any atom is 0.170 e. The lowest BCUT2D eigenvalue weighted by Crippen LogP contribution is -2.32. The van der Waals surface area contributed by atoms with Crippen LogP contribution in [0.1, 0.15) is 29.9 Å². The van der Waals surface area contributed by atoms with Gasteiger partial charge in [0.05, 0.1) is 17.8 Å². The molecule has 1 fully saturated rings. The molecule has 2 atom stereocenters. The number of pyridine rings is 2. The first-order valence-electron chi connectivity index (χ1n) is 9.35. The maximum atomic E-state index is 5.70. The van der Waals surface area contributed by atoms with Gasteiger partial charge < -0.3 is 19.5 Å². The predicted octanol–water partition coefficient (Wildman–Crippen LogP) is 3.28. The molecular formula is C21H23N5OS. The van der Waals surface area contributed by atoms with Crippen molar-refractivity contribution in [3.05, 3.63) is 78.5 Å². The van der Waals surface area contributed by atoms with Gasteiger partial charge >= 0.3 is 0 Å². The van der Waals surface area contributed by atoms with Gasteiger partial charge in [0.2, 0.25) is 0 Å². The SMILES string of the molecule is COCCCN1C(=S)N[C@@H](c2ccccn2)[C@H]1c1cccn1-c1ccccn1. The number of aromatic nitrogens is 3. The molecule has 7 heteroatoms. The first-order valence-corrected chi connectivity index (χ1v) is 9.76. The monoisotopic (exact) mass is 393 g/mol. The molecule has 0 amide bonds. The molecule has 4 rings (SSSR count). The van der Waals surface area contributed by atoms with E-state index in [2.05, 4.69) is 30.8 Å². The van der Waals surface area contributed by atoms with Crippen LogP contribution >= 0.6 is 12.2 Å².